The van der Waals surface area contributed by atoms with E-state index in [1.165, 1.54) is 0 Å². The van der Waals surface area contributed by atoms with Crippen LogP contribution in [-0.2, 0) is 0 Å². The van der Waals surface area contributed by atoms with Crippen molar-refractivity contribution in [3.63, 3.8) is 0 Å². The summed E-state index contributed by atoms with van der Waals surface area (Å²) in [7, 11) is 0. The van der Waals surface area contributed by atoms with Crippen LogP contribution in [0.1, 0.15) is 42.4 Å². The first-order valence-corrected chi connectivity index (χ1v) is 6.87. The van der Waals surface area contributed by atoms with Crippen LogP contribution in [0.3, 0.4) is 0 Å². The molecule has 0 radical (unpaired) electrons. The highest BCUT2D eigenvalue weighted by atomic mass is 79.9. The minimum Gasteiger partial charge on any atom is -0.436 e. The van der Waals surface area contributed by atoms with Crippen LogP contribution in [0.25, 0.3) is 0 Å². The molecule has 0 aliphatic carbocycles. The zero-order valence-electron chi connectivity index (χ0n) is 10.7. The second kappa shape index (κ2) is 6.19. The van der Waals surface area contributed by atoms with E-state index in [9.17, 15) is 4.79 Å². The lowest BCUT2D eigenvalue weighted by atomic mass is 10.1. The van der Waals surface area contributed by atoms with Crippen molar-refractivity contribution >= 4 is 21.8 Å². The summed E-state index contributed by atoms with van der Waals surface area (Å²) in [6, 6.07) is 0.118. The number of amides is 1. The van der Waals surface area contributed by atoms with Gasteiger partial charge in [-0.2, -0.15) is 0 Å². The number of alkyl halides is 1. The Hall–Kier alpha value is -0.840. The van der Waals surface area contributed by atoms with E-state index in [0.29, 0.717) is 23.3 Å². The third kappa shape index (κ3) is 4.15. The second-order valence-electron chi connectivity index (χ2n) is 4.60. The first-order valence-electron chi connectivity index (χ1n) is 5.74. The summed E-state index contributed by atoms with van der Waals surface area (Å²) in [5.41, 5.74) is 0.637. The topological polar surface area (TPSA) is 55.1 Å². The largest absolute Gasteiger partial charge is 0.436 e. The lowest BCUT2D eigenvalue weighted by Gasteiger charge is -2.17. The molecule has 1 atom stereocenters. The van der Waals surface area contributed by atoms with Crippen LogP contribution >= 0.6 is 15.9 Å². The molecule has 1 aromatic rings. The van der Waals surface area contributed by atoms with Gasteiger partial charge in [0, 0.05) is 18.3 Å². The number of carbonyl (C=O) groups excluding carboxylic acids is 1. The molecule has 0 saturated carbocycles. The van der Waals surface area contributed by atoms with Crippen LogP contribution < -0.4 is 5.32 Å². The van der Waals surface area contributed by atoms with Gasteiger partial charge in [-0.25, -0.2) is 4.98 Å². The van der Waals surface area contributed by atoms with Crippen molar-refractivity contribution in [2.75, 3.05) is 5.33 Å². The SMILES string of the molecule is Cc1nc(C)c(C(=O)NC(CBr)CC(C)C)o1. The Morgan fingerprint density at radius 1 is 1.47 bits per heavy atom. The Morgan fingerprint density at radius 3 is 2.53 bits per heavy atom. The van der Waals surface area contributed by atoms with Gasteiger partial charge in [0.05, 0.1) is 5.69 Å². The molecule has 17 heavy (non-hydrogen) atoms. The Labute approximate surface area is 110 Å². The molecule has 1 heterocycles. The summed E-state index contributed by atoms with van der Waals surface area (Å²) in [5, 5.41) is 3.69. The van der Waals surface area contributed by atoms with Gasteiger partial charge in [0.2, 0.25) is 5.76 Å². The molecule has 1 unspecified atom stereocenters. The first-order chi connectivity index (χ1) is 7.93. The van der Waals surface area contributed by atoms with E-state index >= 15 is 0 Å². The predicted octanol–water partition coefficient (Wildman–Crippen LogP) is 2.83. The normalized spacial score (nSPS) is 12.8. The molecule has 0 fully saturated rings. The van der Waals surface area contributed by atoms with Crippen molar-refractivity contribution in [1.29, 1.82) is 0 Å². The van der Waals surface area contributed by atoms with Gasteiger partial charge in [0.1, 0.15) is 0 Å². The molecule has 0 spiro atoms. The van der Waals surface area contributed by atoms with Crippen molar-refractivity contribution in [3.05, 3.63) is 17.3 Å². The zero-order valence-corrected chi connectivity index (χ0v) is 12.3. The summed E-state index contributed by atoms with van der Waals surface area (Å²) >= 11 is 3.41. The van der Waals surface area contributed by atoms with Crippen molar-refractivity contribution in [2.24, 2.45) is 5.92 Å². The predicted molar refractivity (Wildman–Crippen MR) is 70.5 cm³/mol. The molecule has 0 aliphatic heterocycles. The fourth-order valence-electron chi connectivity index (χ4n) is 1.72. The summed E-state index contributed by atoms with van der Waals surface area (Å²) < 4.78 is 5.29. The monoisotopic (exact) mass is 302 g/mol. The summed E-state index contributed by atoms with van der Waals surface area (Å²) in [4.78, 5) is 16.1. The summed E-state index contributed by atoms with van der Waals surface area (Å²) in [5.74, 6) is 1.19. The van der Waals surface area contributed by atoms with E-state index < -0.39 is 0 Å². The lowest BCUT2D eigenvalue weighted by Crippen LogP contribution is -2.37. The van der Waals surface area contributed by atoms with Gasteiger partial charge in [-0.3, -0.25) is 4.79 Å². The van der Waals surface area contributed by atoms with E-state index in [1.807, 2.05) is 0 Å². The Morgan fingerprint density at radius 2 is 2.12 bits per heavy atom. The number of carbonyl (C=O) groups is 1. The van der Waals surface area contributed by atoms with Gasteiger partial charge in [-0.05, 0) is 19.3 Å². The van der Waals surface area contributed by atoms with Gasteiger partial charge in [-0.15, -0.1) is 0 Å². The number of oxazole rings is 1. The molecule has 96 valence electrons. The molecule has 1 rings (SSSR count). The molecular formula is C12H19BrN2O2. The number of nitrogens with one attached hydrogen (secondary N) is 1. The van der Waals surface area contributed by atoms with Crippen molar-refractivity contribution in [2.45, 2.75) is 40.2 Å². The maximum atomic E-state index is 12.0. The van der Waals surface area contributed by atoms with Crippen LogP contribution in [0.2, 0.25) is 0 Å². The minimum atomic E-state index is -0.187. The molecular weight excluding hydrogens is 284 g/mol. The molecule has 1 N–H and O–H groups in total. The van der Waals surface area contributed by atoms with E-state index in [-0.39, 0.29) is 11.9 Å². The van der Waals surface area contributed by atoms with Crippen LogP contribution in [0.4, 0.5) is 0 Å². The fourth-order valence-corrected chi connectivity index (χ4v) is 2.15. The highest BCUT2D eigenvalue weighted by Crippen LogP contribution is 2.12. The van der Waals surface area contributed by atoms with Crippen molar-refractivity contribution in [1.82, 2.24) is 10.3 Å². The molecule has 1 amide bonds. The quantitative estimate of drug-likeness (QED) is 0.851. The number of aromatic nitrogens is 1. The van der Waals surface area contributed by atoms with Crippen LogP contribution in [-0.4, -0.2) is 22.3 Å². The fraction of sp³-hybridized carbons (Fsp3) is 0.667. The number of hydrogen-bond acceptors (Lipinski definition) is 3. The van der Waals surface area contributed by atoms with Crippen LogP contribution in [0, 0.1) is 19.8 Å². The standard InChI is InChI=1S/C12H19BrN2O2/c1-7(2)5-10(6-13)15-12(16)11-8(3)14-9(4)17-11/h7,10H,5-6H2,1-4H3,(H,15,16). The zero-order chi connectivity index (χ0) is 13.0. The highest BCUT2D eigenvalue weighted by molar-refractivity contribution is 9.09. The average Bonchev–Trinajstić information content (AvgIpc) is 2.56. The lowest BCUT2D eigenvalue weighted by molar-refractivity contribution is 0.0907. The number of halogens is 1. The molecule has 5 heteroatoms. The Kier molecular flexibility index (Phi) is 5.18. The van der Waals surface area contributed by atoms with Gasteiger partial charge in [0.25, 0.3) is 5.91 Å². The van der Waals surface area contributed by atoms with Gasteiger partial charge >= 0.3 is 0 Å². The van der Waals surface area contributed by atoms with E-state index in [4.69, 9.17) is 4.42 Å². The Bertz CT molecular complexity index is 388. The summed E-state index contributed by atoms with van der Waals surface area (Å²) in [6.07, 6.45) is 0.934. The highest BCUT2D eigenvalue weighted by Gasteiger charge is 2.19. The van der Waals surface area contributed by atoms with E-state index in [1.54, 1.807) is 13.8 Å². The van der Waals surface area contributed by atoms with Crippen molar-refractivity contribution in [3.8, 4) is 0 Å². The first kappa shape index (κ1) is 14.2. The average molecular weight is 303 g/mol. The third-order valence-electron chi connectivity index (χ3n) is 2.39. The number of nitrogens with zero attached hydrogens (tertiary/aromatic N) is 1. The maximum Gasteiger partial charge on any atom is 0.289 e. The van der Waals surface area contributed by atoms with E-state index in [2.05, 4.69) is 40.1 Å². The molecule has 0 saturated heterocycles. The van der Waals surface area contributed by atoms with Crippen molar-refractivity contribution < 1.29 is 9.21 Å². The third-order valence-corrected chi connectivity index (χ3v) is 3.17. The number of rotatable bonds is 5. The molecule has 1 aromatic heterocycles. The second-order valence-corrected chi connectivity index (χ2v) is 5.25. The van der Waals surface area contributed by atoms with E-state index in [0.717, 1.165) is 11.8 Å². The van der Waals surface area contributed by atoms with Crippen LogP contribution in [0.15, 0.2) is 4.42 Å². The molecule has 0 aromatic carbocycles. The van der Waals surface area contributed by atoms with Gasteiger partial charge in [0.15, 0.2) is 5.89 Å². The van der Waals surface area contributed by atoms with Crippen LogP contribution in [0.5, 0.6) is 0 Å². The van der Waals surface area contributed by atoms with Gasteiger partial charge < -0.3 is 9.73 Å². The number of hydrogen-bond donors (Lipinski definition) is 1. The van der Waals surface area contributed by atoms with Gasteiger partial charge in [-0.1, -0.05) is 29.8 Å². The molecule has 0 bridgehead atoms. The summed E-state index contributed by atoms with van der Waals surface area (Å²) in [6.45, 7) is 7.77. The minimum absolute atomic E-state index is 0.118. The molecule has 4 nitrogen and oxygen atoms in total. The Balaban J connectivity index is 2.67. The number of aryl methyl sites for hydroxylation is 2. The molecule has 0 aliphatic rings. The maximum absolute atomic E-state index is 12.0. The smallest absolute Gasteiger partial charge is 0.289 e.